The first kappa shape index (κ1) is 23.7. The highest BCUT2D eigenvalue weighted by Crippen LogP contribution is 2.31. The minimum atomic E-state index is -0.0256. The van der Waals surface area contributed by atoms with E-state index in [-0.39, 0.29) is 17.6 Å². The van der Waals surface area contributed by atoms with Gasteiger partial charge in [0.15, 0.2) is 11.0 Å². The van der Waals surface area contributed by atoms with E-state index in [4.69, 9.17) is 0 Å². The summed E-state index contributed by atoms with van der Waals surface area (Å²) < 4.78 is 2.04. The zero-order valence-corrected chi connectivity index (χ0v) is 20.5. The van der Waals surface area contributed by atoms with Crippen molar-refractivity contribution in [2.45, 2.75) is 37.8 Å². The van der Waals surface area contributed by atoms with Crippen LogP contribution in [0.15, 0.2) is 84.3 Å². The monoisotopic (exact) mass is 471 g/mol. The molecule has 6 nitrogen and oxygen atoms in total. The van der Waals surface area contributed by atoms with Gasteiger partial charge in [0.2, 0.25) is 5.91 Å². The summed E-state index contributed by atoms with van der Waals surface area (Å²) >= 11 is 1.39. The molecular weight excluding hydrogens is 442 g/mol. The van der Waals surface area contributed by atoms with E-state index in [1.807, 2.05) is 47.0 Å². The first-order chi connectivity index (χ1) is 16.5. The number of pyridine rings is 1. The number of hydrogen-bond acceptors (Lipinski definition) is 5. The van der Waals surface area contributed by atoms with E-state index < -0.39 is 0 Å². The van der Waals surface area contributed by atoms with Crippen molar-refractivity contribution < 1.29 is 4.79 Å². The average Bonchev–Trinajstić information content (AvgIpc) is 3.30. The van der Waals surface area contributed by atoms with E-state index in [2.05, 4.69) is 65.5 Å². The number of aromatic nitrogens is 4. The Labute approximate surface area is 204 Å². The van der Waals surface area contributed by atoms with Gasteiger partial charge in [-0.3, -0.25) is 14.3 Å². The molecule has 174 valence electrons. The Balaban J connectivity index is 1.54. The molecule has 2 aromatic carbocycles. The standard InChI is InChI=1S/C27H29N5OS/c1-19(2)23-13-7-8-14-24(23)32-26(22-12-9-15-28-17-22)30-31-27(32)34-18-25(33)29-16-20(3)21-10-5-4-6-11-21/h4-15,17,19-20H,16,18H2,1-3H3,(H,29,33). The number of benzene rings is 2. The van der Waals surface area contributed by atoms with Gasteiger partial charge in [-0.05, 0) is 41.2 Å². The predicted molar refractivity (Wildman–Crippen MR) is 137 cm³/mol. The summed E-state index contributed by atoms with van der Waals surface area (Å²) in [4.78, 5) is 16.9. The van der Waals surface area contributed by atoms with Gasteiger partial charge in [-0.2, -0.15) is 0 Å². The molecule has 1 amide bonds. The molecule has 0 saturated carbocycles. The minimum absolute atomic E-state index is 0.0256. The second-order valence-corrected chi connectivity index (χ2v) is 9.44. The van der Waals surface area contributed by atoms with Crippen molar-refractivity contribution in [3.63, 3.8) is 0 Å². The van der Waals surface area contributed by atoms with E-state index in [9.17, 15) is 4.79 Å². The fourth-order valence-electron chi connectivity index (χ4n) is 3.79. The Morgan fingerprint density at radius 3 is 2.47 bits per heavy atom. The zero-order valence-electron chi connectivity index (χ0n) is 19.7. The van der Waals surface area contributed by atoms with E-state index >= 15 is 0 Å². The predicted octanol–water partition coefficient (Wildman–Crippen LogP) is 5.46. The van der Waals surface area contributed by atoms with E-state index in [0.717, 1.165) is 11.3 Å². The molecule has 1 atom stereocenters. The summed E-state index contributed by atoms with van der Waals surface area (Å²) in [5, 5.41) is 12.7. The molecule has 0 aliphatic carbocycles. The zero-order chi connectivity index (χ0) is 23.9. The van der Waals surface area contributed by atoms with Crippen molar-refractivity contribution >= 4 is 17.7 Å². The normalized spacial score (nSPS) is 12.0. The molecule has 2 heterocycles. The Kier molecular flexibility index (Phi) is 7.75. The van der Waals surface area contributed by atoms with Crippen LogP contribution in [0.4, 0.5) is 0 Å². The molecule has 0 radical (unpaired) electrons. The van der Waals surface area contributed by atoms with Gasteiger partial charge >= 0.3 is 0 Å². The van der Waals surface area contributed by atoms with Crippen molar-refractivity contribution in [3.05, 3.63) is 90.3 Å². The molecule has 0 saturated heterocycles. The number of thioether (sulfide) groups is 1. The fourth-order valence-corrected chi connectivity index (χ4v) is 4.56. The van der Waals surface area contributed by atoms with Crippen molar-refractivity contribution in [2.75, 3.05) is 12.3 Å². The van der Waals surface area contributed by atoms with Crippen LogP contribution in [0.3, 0.4) is 0 Å². The second-order valence-electron chi connectivity index (χ2n) is 8.50. The van der Waals surface area contributed by atoms with E-state index in [0.29, 0.717) is 23.4 Å². The van der Waals surface area contributed by atoms with Crippen molar-refractivity contribution in [2.24, 2.45) is 0 Å². The molecular formula is C27H29N5OS. The Hall–Kier alpha value is -3.45. The number of nitrogens with zero attached hydrogens (tertiary/aromatic N) is 4. The van der Waals surface area contributed by atoms with Gasteiger partial charge in [-0.25, -0.2) is 0 Å². The molecule has 0 aliphatic rings. The molecule has 7 heteroatoms. The van der Waals surface area contributed by atoms with Crippen molar-refractivity contribution in [3.8, 4) is 17.1 Å². The first-order valence-electron chi connectivity index (χ1n) is 11.4. The number of amides is 1. The first-order valence-corrected chi connectivity index (χ1v) is 12.4. The van der Waals surface area contributed by atoms with Crippen LogP contribution in [0.5, 0.6) is 0 Å². The van der Waals surface area contributed by atoms with Gasteiger partial charge in [-0.15, -0.1) is 10.2 Å². The Morgan fingerprint density at radius 1 is 0.971 bits per heavy atom. The Morgan fingerprint density at radius 2 is 1.74 bits per heavy atom. The lowest BCUT2D eigenvalue weighted by Crippen LogP contribution is -2.29. The summed E-state index contributed by atoms with van der Waals surface area (Å²) in [5.41, 5.74) is 4.29. The number of rotatable bonds is 9. The van der Waals surface area contributed by atoms with Crippen LogP contribution in [-0.2, 0) is 4.79 Å². The molecule has 0 aliphatic heterocycles. The SMILES string of the molecule is CC(C)c1ccccc1-n1c(SCC(=O)NCC(C)c2ccccc2)nnc1-c1cccnc1. The topological polar surface area (TPSA) is 72.7 Å². The van der Waals surface area contributed by atoms with Gasteiger partial charge in [0.25, 0.3) is 0 Å². The van der Waals surface area contributed by atoms with E-state index in [1.165, 1.54) is 22.9 Å². The number of carbonyl (C=O) groups excluding carboxylic acids is 1. The maximum atomic E-state index is 12.7. The lowest BCUT2D eigenvalue weighted by Gasteiger charge is -2.17. The molecule has 0 bridgehead atoms. The lowest BCUT2D eigenvalue weighted by atomic mass is 10.0. The second kappa shape index (κ2) is 11.1. The van der Waals surface area contributed by atoms with Gasteiger partial charge in [0.05, 0.1) is 11.4 Å². The average molecular weight is 472 g/mol. The molecule has 34 heavy (non-hydrogen) atoms. The largest absolute Gasteiger partial charge is 0.355 e. The van der Waals surface area contributed by atoms with Gasteiger partial charge in [0.1, 0.15) is 0 Å². The molecule has 0 fully saturated rings. The highest BCUT2D eigenvalue weighted by atomic mass is 32.2. The van der Waals surface area contributed by atoms with Crippen LogP contribution in [0.2, 0.25) is 0 Å². The number of nitrogens with one attached hydrogen (secondary N) is 1. The molecule has 1 N–H and O–H groups in total. The Bertz CT molecular complexity index is 1220. The van der Waals surface area contributed by atoms with Crippen molar-refractivity contribution in [1.29, 1.82) is 0 Å². The molecule has 4 aromatic rings. The molecule has 4 rings (SSSR count). The molecule has 1 unspecified atom stereocenters. The fraction of sp³-hybridized carbons (Fsp3) is 0.259. The van der Waals surface area contributed by atoms with Crippen LogP contribution < -0.4 is 5.32 Å². The lowest BCUT2D eigenvalue weighted by molar-refractivity contribution is -0.118. The highest BCUT2D eigenvalue weighted by Gasteiger charge is 2.20. The van der Waals surface area contributed by atoms with Crippen LogP contribution in [0, 0.1) is 0 Å². The smallest absolute Gasteiger partial charge is 0.230 e. The molecule has 0 spiro atoms. The quantitative estimate of drug-likeness (QED) is 0.328. The van der Waals surface area contributed by atoms with Crippen LogP contribution in [-0.4, -0.2) is 38.0 Å². The third-order valence-corrected chi connectivity index (χ3v) is 6.59. The summed E-state index contributed by atoms with van der Waals surface area (Å²) in [6.45, 7) is 7.04. The summed E-state index contributed by atoms with van der Waals surface area (Å²) in [6.07, 6.45) is 3.52. The van der Waals surface area contributed by atoms with E-state index in [1.54, 1.807) is 12.4 Å². The number of para-hydroxylation sites is 1. The van der Waals surface area contributed by atoms with Gasteiger partial charge in [0, 0.05) is 24.5 Å². The van der Waals surface area contributed by atoms with Gasteiger partial charge < -0.3 is 5.32 Å². The highest BCUT2D eigenvalue weighted by molar-refractivity contribution is 7.99. The summed E-state index contributed by atoms with van der Waals surface area (Å²) in [5.74, 6) is 1.51. The van der Waals surface area contributed by atoms with Crippen LogP contribution >= 0.6 is 11.8 Å². The minimum Gasteiger partial charge on any atom is -0.355 e. The van der Waals surface area contributed by atoms with Crippen LogP contribution in [0.1, 0.15) is 43.7 Å². The maximum absolute atomic E-state index is 12.7. The third-order valence-electron chi connectivity index (χ3n) is 5.66. The maximum Gasteiger partial charge on any atom is 0.230 e. The molecule has 2 aromatic heterocycles. The van der Waals surface area contributed by atoms with Crippen LogP contribution in [0.25, 0.3) is 17.1 Å². The number of carbonyl (C=O) groups is 1. The number of hydrogen-bond donors (Lipinski definition) is 1. The summed E-state index contributed by atoms with van der Waals surface area (Å²) in [6, 6.07) is 22.3. The van der Waals surface area contributed by atoms with Crippen molar-refractivity contribution in [1.82, 2.24) is 25.1 Å². The summed E-state index contributed by atoms with van der Waals surface area (Å²) in [7, 11) is 0. The third kappa shape index (κ3) is 5.54. The van der Waals surface area contributed by atoms with Gasteiger partial charge in [-0.1, -0.05) is 81.1 Å².